The van der Waals surface area contributed by atoms with E-state index in [-0.39, 0.29) is 11.8 Å². The average molecular weight is 447 g/mol. The summed E-state index contributed by atoms with van der Waals surface area (Å²) in [6.45, 7) is 1.86. The highest BCUT2D eigenvalue weighted by atomic mass is 16.6. The van der Waals surface area contributed by atoms with E-state index in [4.69, 9.17) is 14.7 Å². The van der Waals surface area contributed by atoms with E-state index in [1.165, 1.54) is 26.2 Å². The molecular weight excluding hydrogens is 416 g/mol. The first-order valence-corrected chi connectivity index (χ1v) is 11.6. The van der Waals surface area contributed by atoms with Gasteiger partial charge in [-0.2, -0.15) is 0 Å². The zero-order valence-corrected chi connectivity index (χ0v) is 18.9. The van der Waals surface area contributed by atoms with Crippen molar-refractivity contribution < 1.29 is 19.5 Å². The fourth-order valence-electron chi connectivity index (χ4n) is 4.28. The predicted octanol–water partition coefficient (Wildman–Crippen LogP) is 5.78. The van der Waals surface area contributed by atoms with Gasteiger partial charge in [0, 0.05) is 11.8 Å². The van der Waals surface area contributed by atoms with Gasteiger partial charge in [-0.25, -0.2) is 9.78 Å². The first kappa shape index (κ1) is 22.8. The Morgan fingerprint density at radius 1 is 1.06 bits per heavy atom. The fraction of sp³-hybridized carbons (Fsp3) is 0.370. The third kappa shape index (κ3) is 6.31. The molecule has 0 spiro atoms. The van der Waals surface area contributed by atoms with Crippen LogP contribution in [0, 0.1) is 5.92 Å². The maximum Gasteiger partial charge on any atom is 0.353 e. The quantitative estimate of drug-likeness (QED) is 0.333. The second-order valence-electron chi connectivity index (χ2n) is 8.66. The maximum atomic E-state index is 11.1. The minimum atomic E-state index is -1.06. The van der Waals surface area contributed by atoms with Crippen LogP contribution in [0.1, 0.15) is 50.3 Å². The molecule has 4 rings (SSSR count). The lowest BCUT2D eigenvalue weighted by molar-refractivity contribution is -0.129. The fourth-order valence-corrected chi connectivity index (χ4v) is 4.28. The number of hydrogen-bond acceptors (Lipinski definition) is 5. The molecule has 1 atom stereocenters. The van der Waals surface area contributed by atoms with Crippen LogP contribution in [0.15, 0.2) is 65.8 Å². The van der Waals surface area contributed by atoms with Crippen molar-refractivity contribution in [2.75, 3.05) is 0 Å². The smallest absolute Gasteiger partial charge is 0.353 e. The number of hydrogen-bond donors (Lipinski definition) is 1. The number of nitrogens with zero attached hydrogens (tertiary/aromatic N) is 2. The number of carboxylic acids is 1. The maximum absolute atomic E-state index is 11.1. The third-order valence-electron chi connectivity index (χ3n) is 6.21. The van der Waals surface area contributed by atoms with Crippen molar-refractivity contribution in [3.8, 4) is 5.75 Å². The molecule has 0 amide bonds. The van der Waals surface area contributed by atoms with E-state index in [1.807, 2.05) is 54.6 Å². The summed E-state index contributed by atoms with van der Waals surface area (Å²) >= 11 is 0. The number of aliphatic carboxylic acids is 1. The molecule has 1 fully saturated rings. The van der Waals surface area contributed by atoms with Gasteiger partial charge in [-0.3, -0.25) is 0 Å². The number of aromatic nitrogens is 1. The Morgan fingerprint density at radius 2 is 1.82 bits per heavy atom. The molecule has 1 heterocycles. The summed E-state index contributed by atoms with van der Waals surface area (Å²) < 4.78 is 5.94. The van der Waals surface area contributed by atoms with Crippen LogP contribution in [0.3, 0.4) is 0 Å². The number of benzene rings is 2. The van der Waals surface area contributed by atoms with Gasteiger partial charge in [0.25, 0.3) is 0 Å². The topological polar surface area (TPSA) is 81.0 Å². The SMILES string of the molecule is C/C(=N\OC(Cc1ccc(OCc2ccc3ccccc3n2)cc1)C1CCCCC1)C(=O)O. The summed E-state index contributed by atoms with van der Waals surface area (Å²) in [7, 11) is 0. The Bertz CT molecular complexity index is 1100. The molecule has 0 saturated heterocycles. The van der Waals surface area contributed by atoms with E-state index in [0.29, 0.717) is 18.9 Å². The summed E-state index contributed by atoms with van der Waals surface area (Å²) in [5, 5.41) is 14.1. The Hall–Kier alpha value is -3.41. The summed E-state index contributed by atoms with van der Waals surface area (Å²) in [4.78, 5) is 21.5. The molecule has 2 aromatic carbocycles. The third-order valence-corrected chi connectivity index (χ3v) is 6.21. The molecule has 6 heteroatoms. The highest BCUT2D eigenvalue weighted by Gasteiger charge is 2.26. The first-order chi connectivity index (χ1) is 16.1. The minimum absolute atomic E-state index is 0.0261. The molecule has 0 aliphatic heterocycles. The van der Waals surface area contributed by atoms with Gasteiger partial charge in [-0.1, -0.05) is 60.8 Å². The highest BCUT2D eigenvalue weighted by molar-refractivity contribution is 6.34. The molecule has 172 valence electrons. The molecule has 0 radical (unpaired) electrons. The molecule has 1 saturated carbocycles. The van der Waals surface area contributed by atoms with Gasteiger partial charge in [0.05, 0.1) is 11.2 Å². The van der Waals surface area contributed by atoms with Gasteiger partial charge in [0.2, 0.25) is 0 Å². The second-order valence-corrected chi connectivity index (χ2v) is 8.66. The Morgan fingerprint density at radius 3 is 2.58 bits per heavy atom. The zero-order valence-electron chi connectivity index (χ0n) is 18.9. The number of oxime groups is 1. The monoisotopic (exact) mass is 446 g/mol. The zero-order chi connectivity index (χ0) is 23.0. The van der Waals surface area contributed by atoms with E-state index in [2.05, 4.69) is 16.2 Å². The minimum Gasteiger partial charge on any atom is -0.487 e. The molecule has 6 nitrogen and oxygen atoms in total. The first-order valence-electron chi connectivity index (χ1n) is 11.6. The molecular formula is C27H30N2O4. The van der Waals surface area contributed by atoms with Gasteiger partial charge in [-0.05, 0) is 55.5 Å². The highest BCUT2D eigenvalue weighted by Crippen LogP contribution is 2.30. The summed E-state index contributed by atoms with van der Waals surface area (Å²) in [5.41, 5.74) is 2.94. The Kier molecular flexibility index (Phi) is 7.55. The van der Waals surface area contributed by atoms with Crippen molar-refractivity contribution in [1.82, 2.24) is 4.98 Å². The molecule has 1 aliphatic rings. The van der Waals surface area contributed by atoms with Crippen LogP contribution in [0.2, 0.25) is 0 Å². The van der Waals surface area contributed by atoms with Gasteiger partial charge in [-0.15, -0.1) is 0 Å². The van der Waals surface area contributed by atoms with Crippen LogP contribution in [-0.2, 0) is 22.7 Å². The molecule has 1 unspecified atom stereocenters. The predicted molar refractivity (Wildman–Crippen MR) is 128 cm³/mol. The van der Waals surface area contributed by atoms with Crippen LogP contribution in [0.25, 0.3) is 10.9 Å². The van der Waals surface area contributed by atoms with Crippen molar-refractivity contribution in [3.63, 3.8) is 0 Å². The lowest BCUT2D eigenvalue weighted by Gasteiger charge is -2.28. The van der Waals surface area contributed by atoms with Gasteiger partial charge < -0.3 is 14.7 Å². The van der Waals surface area contributed by atoms with Crippen molar-refractivity contribution in [1.29, 1.82) is 0 Å². The van der Waals surface area contributed by atoms with Gasteiger partial charge in [0.1, 0.15) is 18.5 Å². The van der Waals surface area contributed by atoms with E-state index >= 15 is 0 Å². The standard InChI is InChI=1S/C27H30N2O4/c1-19(27(30)31)29-33-26(22-8-3-2-4-9-22)17-20-11-15-24(16-12-20)32-18-23-14-13-21-7-5-6-10-25(21)28-23/h5-7,10-16,22,26H,2-4,8-9,17-18H2,1H3,(H,30,31)/b29-19+. The Labute approximate surface area is 194 Å². The number of rotatable bonds is 9. The van der Waals surface area contributed by atoms with Crippen molar-refractivity contribution >= 4 is 22.6 Å². The van der Waals surface area contributed by atoms with Crippen molar-refractivity contribution in [3.05, 3.63) is 71.9 Å². The van der Waals surface area contributed by atoms with Gasteiger partial charge in [0.15, 0.2) is 5.71 Å². The second kappa shape index (κ2) is 10.9. The molecule has 1 N–H and O–H groups in total. The van der Waals surface area contributed by atoms with E-state index < -0.39 is 5.97 Å². The average Bonchev–Trinajstić information content (AvgIpc) is 2.86. The number of pyridine rings is 1. The van der Waals surface area contributed by atoms with Crippen LogP contribution < -0.4 is 4.74 Å². The molecule has 3 aromatic rings. The molecule has 33 heavy (non-hydrogen) atoms. The molecule has 1 aromatic heterocycles. The van der Waals surface area contributed by atoms with E-state index in [0.717, 1.165) is 40.8 Å². The number of carbonyl (C=O) groups is 1. The largest absolute Gasteiger partial charge is 0.487 e. The Balaban J connectivity index is 1.38. The number of fused-ring (bicyclic) bond motifs is 1. The summed E-state index contributed by atoms with van der Waals surface area (Å²) in [6.07, 6.45) is 6.35. The van der Waals surface area contributed by atoms with Crippen molar-refractivity contribution in [2.24, 2.45) is 11.1 Å². The van der Waals surface area contributed by atoms with Crippen LogP contribution in [0.5, 0.6) is 5.75 Å². The van der Waals surface area contributed by atoms with Crippen LogP contribution in [0.4, 0.5) is 0 Å². The number of para-hydroxylation sites is 1. The lowest BCUT2D eigenvalue weighted by Crippen LogP contribution is -2.27. The van der Waals surface area contributed by atoms with Crippen molar-refractivity contribution in [2.45, 2.75) is 58.2 Å². The lowest BCUT2D eigenvalue weighted by atomic mass is 9.83. The number of ether oxygens (including phenoxy) is 1. The van der Waals surface area contributed by atoms with Crippen LogP contribution >= 0.6 is 0 Å². The number of carboxylic acid groups (broad SMARTS) is 1. The van der Waals surface area contributed by atoms with Gasteiger partial charge >= 0.3 is 5.97 Å². The molecule has 1 aliphatic carbocycles. The summed E-state index contributed by atoms with van der Waals surface area (Å²) in [6, 6.07) is 20.1. The van der Waals surface area contributed by atoms with E-state index in [1.54, 1.807) is 0 Å². The van der Waals surface area contributed by atoms with Crippen LogP contribution in [-0.4, -0.2) is 27.9 Å². The molecule has 0 bridgehead atoms. The normalized spacial score (nSPS) is 15.8. The van der Waals surface area contributed by atoms with E-state index in [9.17, 15) is 4.79 Å². The summed E-state index contributed by atoms with van der Waals surface area (Å²) in [5.74, 6) is 0.113.